The molecule has 0 aromatic rings. The molecule has 10 N–H and O–H groups in total. The van der Waals surface area contributed by atoms with Crippen molar-refractivity contribution in [3.8, 4) is 0 Å². The normalized spacial score (nSPS) is 7.25. The Kier molecular flexibility index (Phi) is 71.6. The Morgan fingerprint density at radius 3 is 0.500 bits per heavy atom. The molecule has 0 atom stereocenters. The number of hydrogen-bond acceptors (Lipinski definition) is 8. The molecule has 0 aromatic carbocycles. The van der Waals surface area contributed by atoms with E-state index in [0.29, 0.717) is 0 Å². The van der Waals surface area contributed by atoms with Crippen LogP contribution in [0.1, 0.15) is 0 Å². The maximum Gasteiger partial charge on any atom is 4.00 e. The molecule has 16 heavy (non-hydrogen) atoms. The van der Waals surface area contributed by atoms with Gasteiger partial charge in [-0.2, -0.15) is 0 Å². The molecule has 0 aliphatic carbocycles. The van der Waals surface area contributed by atoms with E-state index in [9.17, 15) is 0 Å². The van der Waals surface area contributed by atoms with Gasteiger partial charge in [0.2, 0.25) is 0 Å². The van der Waals surface area contributed by atoms with Crippen LogP contribution in [0.2, 0.25) is 0 Å². The summed E-state index contributed by atoms with van der Waals surface area (Å²) in [6.45, 7) is 0. The zero-order chi connectivity index (χ0) is 9.00. The Hall–Kier alpha value is 0.339. The van der Waals surface area contributed by atoms with Crippen LogP contribution >= 0.6 is 0 Å². The fourth-order valence-corrected chi connectivity index (χ4v) is 0. The van der Waals surface area contributed by atoms with Crippen molar-refractivity contribution in [2.24, 2.45) is 0 Å². The first-order valence-electron chi connectivity index (χ1n) is 1.33. The molecule has 0 heterocycles. The number of hydrogen-bond donors (Lipinski definition) is 0. The van der Waals surface area contributed by atoms with Gasteiger partial charge >= 0.3 is 23.9 Å². The molecule has 0 amide bonds. The Bertz CT molecular complexity index is 210. The molecular weight excluding hydrogens is 391 g/mol. The summed E-state index contributed by atoms with van der Waals surface area (Å²) < 4.78 is 68.2. The summed E-state index contributed by atoms with van der Waals surface area (Å²) >= 11 is 0. The molecule has 0 spiro atoms. The molecule has 0 fully saturated rings. The van der Waals surface area contributed by atoms with Crippen LogP contribution in [0.15, 0.2) is 0 Å². The van der Waals surface area contributed by atoms with Crippen LogP contribution in [-0.4, -0.2) is 86.3 Å². The summed E-state index contributed by atoms with van der Waals surface area (Å²) in [4.78, 5) is 0. The van der Waals surface area contributed by atoms with E-state index < -0.39 is 20.8 Å². The second kappa shape index (κ2) is 20.7. The fraction of sp³-hybridized carbons (Fsp3) is 0. The first-order chi connectivity index (χ1) is 4.00. The van der Waals surface area contributed by atoms with Crippen molar-refractivity contribution < 1.29 is 62.4 Å². The maximum atomic E-state index is 8.52. The minimum absolute atomic E-state index is 0. The van der Waals surface area contributed by atoms with Crippen molar-refractivity contribution in [1.29, 1.82) is 0 Å². The first-order valence-corrected chi connectivity index (χ1v) is 4.00. The van der Waals surface area contributed by atoms with Gasteiger partial charge < -0.3 is 45.6 Å². The van der Waals surface area contributed by atoms with E-state index >= 15 is 0 Å². The predicted molar refractivity (Wildman–Crippen MR) is 44.8 cm³/mol. The van der Waals surface area contributed by atoms with E-state index in [1.807, 2.05) is 0 Å². The van der Waals surface area contributed by atoms with Crippen LogP contribution in [0.3, 0.4) is 0 Å². The van der Waals surface area contributed by atoms with E-state index in [4.69, 9.17) is 35.0 Å². The van der Waals surface area contributed by atoms with E-state index in [2.05, 4.69) is 0 Å². The zero-order valence-corrected chi connectivity index (χ0v) is 11.6. The van der Waals surface area contributed by atoms with Gasteiger partial charge in [-0.3, -0.25) is 16.8 Å². The van der Waals surface area contributed by atoms with Crippen molar-refractivity contribution in [1.82, 2.24) is 0 Å². The molecule has 0 aliphatic rings. The Balaban J connectivity index is -0.00000000970. The smallest absolute Gasteiger partial charge is 0.759 e. The van der Waals surface area contributed by atoms with Crippen LogP contribution in [-0.2, 0) is 20.8 Å². The topological polar surface area (TPSA) is 318 Å². The van der Waals surface area contributed by atoms with Crippen molar-refractivity contribution in [3.63, 3.8) is 0 Å². The minimum atomic E-state index is -5.17. The van der Waals surface area contributed by atoms with Gasteiger partial charge in [0.05, 0.1) is 0 Å². The molecule has 0 rings (SSSR count). The van der Waals surface area contributed by atoms with E-state index in [1.54, 1.807) is 0 Å². The van der Waals surface area contributed by atoms with Gasteiger partial charge in [0.1, 0.15) is 0 Å². The average molecular weight is 401 g/mol. The molecule has 16 heteroatoms. The van der Waals surface area contributed by atoms with E-state index in [-0.39, 0.29) is 51.3 Å². The molecule has 13 nitrogen and oxygen atoms in total. The van der Waals surface area contributed by atoms with Crippen molar-refractivity contribution >= 4 is 44.7 Å². The molecular formula is H10O13S2Sn. The molecule has 0 unspecified atom stereocenters. The van der Waals surface area contributed by atoms with Crippen LogP contribution < -0.4 is 0 Å². The summed E-state index contributed by atoms with van der Waals surface area (Å²) in [6, 6.07) is 0. The van der Waals surface area contributed by atoms with E-state index in [1.165, 1.54) is 0 Å². The molecule has 0 bridgehead atoms. The quantitative estimate of drug-likeness (QED) is 0.212. The first kappa shape index (κ1) is 55.3. The third-order valence-corrected chi connectivity index (χ3v) is 0. The van der Waals surface area contributed by atoms with Crippen LogP contribution in [0, 0.1) is 0 Å². The van der Waals surface area contributed by atoms with Gasteiger partial charge in [-0.1, -0.05) is 0 Å². The zero-order valence-electron chi connectivity index (χ0n) is 7.08. The number of rotatable bonds is 0. The second-order valence-electron chi connectivity index (χ2n) is 0.816. The molecule has 0 saturated heterocycles. The Morgan fingerprint density at radius 1 is 0.500 bits per heavy atom. The maximum absolute atomic E-state index is 8.52. The van der Waals surface area contributed by atoms with Gasteiger partial charge in [0.15, 0.2) is 0 Å². The third kappa shape index (κ3) is 22200. The van der Waals surface area contributed by atoms with Crippen LogP contribution in [0.25, 0.3) is 0 Å². The summed E-state index contributed by atoms with van der Waals surface area (Å²) in [5.41, 5.74) is 0. The molecule has 0 radical (unpaired) electrons. The molecule has 0 aliphatic heterocycles. The molecule has 104 valence electrons. The Labute approximate surface area is 107 Å². The largest absolute Gasteiger partial charge is 4.00 e. The summed E-state index contributed by atoms with van der Waals surface area (Å²) in [5, 5.41) is 0. The predicted octanol–water partition coefficient (Wildman–Crippen LogP) is -7.18. The van der Waals surface area contributed by atoms with Crippen LogP contribution in [0.4, 0.5) is 0 Å². The van der Waals surface area contributed by atoms with Gasteiger partial charge in [-0.05, 0) is 0 Å². The van der Waals surface area contributed by atoms with Gasteiger partial charge in [-0.15, -0.1) is 0 Å². The van der Waals surface area contributed by atoms with Gasteiger partial charge in [0.25, 0.3) is 0 Å². The van der Waals surface area contributed by atoms with E-state index in [0.717, 1.165) is 0 Å². The van der Waals surface area contributed by atoms with Crippen molar-refractivity contribution in [2.75, 3.05) is 0 Å². The van der Waals surface area contributed by atoms with Gasteiger partial charge in [0, 0.05) is 20.8 Å². The monoisotopic (exact) mass is 402 g/mol. The fourth-order valence-electron chi connectivity index (χ4n) is 0. The minimum Gasteiger partial charge on any atom is -0.759 e. The molecule has 0 aromatic heterocycles. The van der Waals surface area contributed by atoms with Crippen LogP contribution in [0.5, 0.6) is 0 Å². The average Bonchev–Trinajstić information content (AvgIpc) is 1.12. The standard InChI is InChI=1S/2H2O4S.5H2O.Sn/c2*1-5(2,3)4;;;;;;/h2*(H2,1,2,3,4);5*1H2;/q;;;;;;;+4/p-4. The molecule has 0 saturated carbocycles. The Morgan fingerprint density at radius 2 is 0.500 bits per heavy atom. The summed E-state index contributed by atoms with van der Waals surface area (Å²) in [6.07, 6.45) is 0. The van der Waals surface area contributed by atoms with Crippen molar-refractivity contribution in [3.05, 3.63) is 0 Å². The summed E-state index contributed by atoms with van der Waals surface area (Å²) in [5.74, 6) is 0. The second-order valence-corrected chi connectivity index (χ2v) is 2.45. The van der Waals surface area contributed by atoms with Gasteiger partial charge in [-0.25, -0.2) is 0 Å². The SMILES string of the molecule is O.O.O.O.O.O=S(=O)([O-])[O-].O=S(=O)([O-])[O-].[Sn+4]. The third-order valence-electron chi connectivity index (χ3n) is 0. The van der Waals surface area contributed by atoms with Crippen molar-refractivity contribution in [2.45, 2.75) is 0 Å². The summed E-state index contributed by atoms with van der Waals surface area (Å²) in [7, 11) is -10.3.